The summed E-state index contributed by atoms with van der Waals surface area (Å²) in [6.45, 7) is 3.89. The molecule has 1 aromatic carbocycles. The first-order valence-corrected chi connectivity index (χ1v) is 10.9. The molecule has 5 rings (SSSR count). The Morgan fingerprint density at radius 1 is 1.07 bits per heavy atom. The number of hydrogen-bond acceptors (Lipinski definition) is 5. The summed E-state index contributed by atoms with van der Waals surface area (Å²) in [7, 11) is 0. The number of rotatable bonds is 4. The minimum Gasteiger partial charge on any atom is -0.337 e. The lowest BCUT2D eigenvalue weighted by Gasteiger charge is -2.34. The molecule has 0 radical (unpaired) electrons. The van der Waals surface area contributed by atoms with Crippen molar-refractivity contribution in [3.8, 4) is 0 Å². The molecule has 2 aliphatic rings. The molecule has 2 fully saturated rings. The summed E-state index contributed by atoms with van der Waals surface area (Å²) >= 11 is 1.53. The van der Waals surface area contributed by atoms with Crippen LogP contribution in [0, 0.1) is 0 Å². The summed E-state index contributed by atoms with van der Waals surface area (Å²) < 4.78 is 2.00. The van der Waals surface area contributed by atoms with Crippen molar-refractivity contribution >= 4 is 33.8 Å². The van der Waals surface area contributed by atoms with Gasteiger partial charge >= 0.3 is 0 Å². The van der Waals surface area contributed by atoms with Gasteiger partial charge in [0.2, 0.25) is 5.91 Å². The molecule has 7 nitrogen and oxygen atoms in total. The van der Waals surface area contributed by atoms with Gasteiger partial charge in [-0.05, 0) is 25.0 Å². The van der Waals surface area contributed by atoms with E-state index >= 15 is 0 Å². The number of aromatic nitrogens is 2. The molecule has 150 valence electrons. The molecular weight excluding hydrogens is 386 g/mol. The quantitative estimate of drug-likeness (QED) is 0.664. The number of likely N-dealkylation sites (tertiary alicyclic amines) is 1. The molecule has 0 aliphatic carbocycles. The van der Waals surface area contributed by atoms with Crippen LogP contribution < -0.4 is 4.90 Å². The first kappa shape index (κ1) is 18.3. The molecule has 2 amide bonds. The summed E-state index contributed by atoms with van der Waals surface area (Å²) in [5, 5.41) is 1.98. The van der Waals surface area contributed by atoms with Crippen molar-refractivity contribution < 1.29 is 9.59 Å². The lowest BCUT2D eigenvalue weighted by atomic mass is 10.2. The van der Waals surface area contributed by atoms with Gasteiger partial charge in [0.25, 0.3) is 5.91 Å². The molecule has 2 aromatic heterocycles. The Morgan fingerprint density at radius 2 is 1.86 bits per heavy atom. The minimum atomic E-state index is 0.0163. The summed E-state index contributed by atoms with van der Waals surface area (Å²) in [6.07, 6.45) is 4.07. The second-order valence-electron chi connectivity index (χ2n) is 7.55. The molecule has 0 spiro atoms. The Hall–Kier alpha value is -2.71. The fraction of sp³-hybridized carbons (Fsp3) is 0.381. The van der Waals surface area contributed by atoms with Crippen LogP contribution in [-0.2, 0) is 11.3 Å². The van der Waals surface area contributed by atoms with Crippen LogP contribution in [0.3, 0.4) is 0 Å². The Kier molecular flexibility index (Phi) is 4.81. The van der Waals surface area contributed by atoms with Gasteiger partial charge in [0, 0.05) is 50.0 Å². The van der Waals surface area contributed by atoms with Crippen LogP contribution in [-0.4, -0.2) is 63.7 Å². The van der Waals surface area contributed by atoms with Crippen molar-refractivity contribution in [1.29, 1.82) is 0 Å². The fourth-order valence-corrected chi connectivity index (χ4v) is 4.91. The van der Waals surface area contributed by atoms with Gasteiger partial charge in [-0.2, -0.15) is 0 Å². The third-order valence-electron chi connectivity index (χ3n) is 5.70. The van der Waals surface area contributed by atoms with E-state index in [9.17, 15) is 9.59 Å². The Labute approximate surface area is 173 Å². The van der Waals surface area contributed by atoms with E-state index in [1.807, 2.05) is 56.1 Å². The number of amides is 2. The SMILES string of the molecule is O=C(c1nc2sccn2c1CN1CCN(c2ccccc2)C(=O)C1)N1CCCC1. The second kappa shape index (κ2) is 7.61. The summed E-state index contributed by atoms with van der Waals surface area (Å²) in [5.41, 5.74) is 2.36. The van der Waals surface area contributed by atoms with Crippen molar-refractivity contribution in [2.75, 3.05) is 37.6 Å². The van der Waals surface area contributed by atoms with Gasteiger partial charge in [-0.15, -0.1) is 11.3 Å². The highest BCUT2D eigenvalue weighted by molar-refractivity contribution is 7.15. The first-order valence-electron chi connectivity index (χ1n) is 10.0. The van der Waals surface area contributed by atoms with Crippen molar-refractivity contribution in [1.82, 2.24) is 19.2 Å². The van der Waals surface area contributed by atoms with Gasteiger partial charge < -0.3 is 9.80 Å². The molecule has 4 heterocycles. The van der Waals surface area contributed by atoms with E-state index in [0.717, 1.165) is 48.8 Å². The van der Waals surface area contributed by atoms with Gasteiger partial charge in [-0.1, -0.05) is 18.2 Å². The Bertz CT molecular complexity index is 1040. The van der Waals surface area contributed by atoms with E-state index in [2.05, 4.69) is 9.88 Å². The summed E-state index contributed by atoms with van der Waals surface area (Å²) in [6, 6.07) is 9.78. The standard InChI is InChI=1S/C21H23N5O2S/c27-18-15-23(10-11-25(18)16-6-2-1-3-7-16)14-17-19(20(28)24-8-4-5-9-24)22-21-26(17)12-13-29-21/h1-3,6-7,12-13H,4-5,8-11,14-15H2. The molecule has 0 N–H and O–H groups in total. The maximum absolute atomic E-state index is 13.0. The minimum absolute atomic E-state index is 0.0163. The van der Waals surface area contributed by atoms with Crippen molar-refractivity contribution in [3.63, 3.8) is 0 Å². The monoisotopic (exact) mass is 409 g/mol. The van der Waals surface area contributed by atoms with Crippen LogP contribution in [0.2, 0.25) is 0 Å². The number of carbonyl (C=O) groups excluding carboxylic acids is 2. The largest absolute Gasteiger partial charge is 0.337 e. The third kappa shape index (κ3) is 3.42. The average molecular weight is 410 g/mol. The molecule has 8 heteroatoms. The number of hydrogen-bond donors (Lipinski definition) is 0. The molecule has 0 unspecified atom stereocenters. The van der Waals surface area contributed by atoms with E-state index < -0.39 is 0 Å². The van der Waals surface area contributed by atoms with Crippen LogP contribution >= 0.6 is 11.3 Å². The number of piperazine rings is 1. The Morgan fingerprint density at radius 3 is 2.62 bits per heavy atom. The van der Waals surface area contributed by atoms with Crippen molar-refractivity contribution in [2.45, 2.75) is 19.4 Å². The van der Waals surface area contributed by atoms with Gasteiger partial charge in [0.15, 0.2) is 10.7 Å². The maximum atomic E-state index is 13.0. The first-order chi connectivity index (χ1) is 14.2. The third-order valence-corrected chi connectivity index (χ3v) is 6.45. The normalized spacial score (nSPS) is 18.1. The molecule has 29 heavy (non-hydrogen) atoms. The molecule has 3 aromatic rings. The van der Waals surface area contributed by atoms with E-state index in [1.54, 1.807) is 0 Å². The topological polar surface area (TPSA) is 61.2 Å². The number of para-hydroxylation sites is 1. The summed E-state index contributed by atoms with van der Waals surface area (Å²) in [5.74, 6) is 0.101. The van der Waals surface area contributed by atoms with Gasteiger partial charge in [-0.25, -0.2) is 4.98 Å². The molecule has 0 atom stereocenters. The van der Waals surface area contributed by atoms with Crippen LogP contribution in [0.25, 0.3) is 4.96 Å². The van der Waals surface area contributed by atoms with Crippen LogP contribution in [0.1, 0.15) is 29.0 Å². The number of imidazole rings is 1. The lowest BCUT2D eigenvalue weighted by molar-refractivity contribution is -0.121. The lowest BCUT2D eigenvalue weighted by Crippen LogP contribution is -2.50. The second-order valence-corrected chi connectivity index (χ2v) is 8.43. The molecule has 0 bridgehead atoms. The predicted molar refractivity (Wildman–Crippen MR) is 112 cm³/mol. The van der Waals surface area contributed by atoms with E-state index in [1.165, 1.54) is 11.3 Å². The van der Waals surface area contributed by atoms with E-state index in [4.69, 9.17) is 0 Å². The van der Waals surface area contributed by atoms with Crippen LogP contribution in [0.15, 0.2) is 41.9 Å². The van der Waals surface area contributed by atoms with Gasteiger partial charge in [-0.3, -0.25) is 18.9 Å². The number of benzene rings is 1. The highest BCUT2D eigenvalue weighted by Crippen LogP contribution is 2.24. The molecule has 2 aliphatic heterocycles. The number of fused-ring (bicyclic) bond motifs is 1. The number of anilines is 1. The maximum Gasteiger partial charge on any atom is 0.274 e. The van der Waals surface area contributed by atoms with E-state index in [-0.39, 0.29) is 11.8 Å². The van der Waals surface area contributed by atoms with Crippen molar-refractivity contribution in [3.05, 3.63) is 53.3 Å². The summed E-state index contributed by atoms with van der Waals surface area (Å²) in [4.78, 5) is 37.1. The van der Waals surface area contributed by atoms with E-state index in [0.29, 0.717) is 25.3 Å². The molecule has 2 saturated heterocycles. The smallest absolute Gasteiger partial charge is 0.274 e. The van der Waals surface area contributed by atoms with Crippen molar-refractivity contribution in [2.24, 2.45) is 0 Å². The zero-order chi connectivity index (χ0) is 19.8. The fourth-order valence-electron chi connectivity index (χ4n) is 4.17. The van der Waals surface area contributed by atoms with Crippen LogP contribution in [0.5, 0.6) is 0 Å². The Balaban J connectivity index is 1.37. The zero-order valence-corrected chi connectivity index (χ0v) is 17.0. The number of carbonyl (C=O) groups is 2. The van der Waals surface area contributed by atoms with Gasteiger partial charge in [0.1, 0.15) is 0 Å². The molecule has 0 saturated carbocycles. The van der Waals surface area contributed by atoms with Gasteiger partial charge in [0.05, 0.1) is 12.2 Å². The highest BCUT2D eigenvalue weighted by Gasteiger charge is 2.30. The van der Waals surface area contributed by atoms with Crippen LogP contribution in [0.4, 0.5) is 5.69 Å². The number of nitrogens with zero attached hydrogens (tertiary/aromatic N) is 5. The number of thiazole rings is 1. The average Bonchev–Trinajstić information content (AvgIpc) is 3.47. The zero-order valence-electron chi connectivity index (χ0n) is 16.2. The predicted octanol–water partition coefficient (Wildman–Crippen LogP) is 2.48. The molecular formula is C21H23N5O2S. The highest BCUT2D eigenvalue weighted by atomic mass is 32.1.